The summed E-state index contributed by atoms with van der Waals surface area (Å²) in [4.78, 5) is 2.20. The fraction of sp³-hybridized carbons (Fsp3) is 0.333. The maximum Gasteiger partial charge on any atom is 0.229 e. The van der Waals surface area contributed by atoms with Crippen molar-refractivity contribution in [3.05, 3.63) is 66.5 Å². The predicted molar refractivity (Wildman–Crippen MR) is 130 cm³/mol. The number of sulfonamides is 1. The number of methoxy groups -OCH3 is 2. The largest absolute Gasteiger partial charge is 0.493 e. The van der Waals surface area contributed by atoms with Gasteiger partial charge in [-0.1, -0.05) is 6.07 Å². The average molecular weight is 474 g/mol. The van der Waals surface area contributed by atoms with Crippen LogP contribution in [0.2, 0.25) is 0 Å². The molecule has 1 heterocycles. The molecule has 0 amide bonds. The maximum absolute atomic E-state index is 11.6. The van der Waals surface area contributed by atoms with E-state index in [1.165, 1.54) is 5.56 Å². The van der Waals surface area contributed by atoms with Crippen LogP contribution >= 0.6 is 0 Å². The molecule has 0 bridgehead atoms. The van der Waals surface area contributed by atoms with E-state index in [1.807, 2.05) is 47.3 Å². The van der Waals surface area contributed by atoms with Crippen LogP contribution in [0.5, 0.6) is 17.2 Å². The van der Waals surface area contributed by atoms with Gasteiger partial charge in [-0.3, -0.25) is 4.72 Å². The van der Waals surface area contributed by atoms with Crippen LogP contribution in [0.15, 0.2) is 60.9 Å². The van der Waals surface area contributed by atoms with Gasteiger partial charge in [0.2, 0.25) is 10.0 Å². The van der Waals surface area contributed by atoms with Crippen LogP contribution in [0.3, 0.4) is 0 Å². The molecule has 2 aromatic carbocycles. The number of anilines is 1. The molecular formula is C24H31N3O5S. The second kappa shape index (κ2) is 11.1. The number of benzene rings is 2. The van der Waals surface area contributed by atoms with E-state index in [2.05, 4.69) is 16.7 Å². The number of nitrogens with zero attached hydrogens (tertiary/aromatic N) is 2. The molecule has 0 saturated heterocycles. The van der Waals surface area contributed by atoms with Gasteiger partial charge < -0.3 is 23.7 Å². The van der Waals surface area contributed by atoms with Crippen LogP contribution < -0.4 is 18.9 Å². The lowest BCUT2D eigenvalue weighted by Crippen LogP contribution is -2.26. The molecule has 0 aliphatic carbocycles. The zero-order chi connectivity index (χ0) is 23.8. The number of aromatic nitrogens is 1. The van der Waals surface area contributed by atoms with E-state index in [-0.39, 0.29) is 0 Å². The quantitative estimate of drug-likeness (QED) is 0.434. The molecule has 0 aliphatic heterocycles. The summed E-state index contributed by atoms with van der Waals surface area (Å²) >= 11 is 0. The van der Waals surface area contributed by atoms with Crippen LogP contribution in [0.1, 0.15) is 5.56 Å². The van der Waals surface area contributed by atoms with Gasteiger partial charge in [0.15, 0.2) is 11.5 Å². The van der Waals surface area contributed by atoms with Gasteiger partial charge in [-0.2, -0.15) is 0 Å². The van der Waals surface area contributed by atoms with E-state index < -0.39 is 10.0 Å². The van der Waals surface area contributed by atoms with E-state index in [1.54, 1.807) is 32.4 Å². The SMILES string of the molecule is COc1ccc(CCN(C)CCOc2ccc(NS(C)(=O)=O)cc2-n2cccc2)cc1OC. The molecule has 33 heavy (non-hydrogen) atoms. The zero-order valence-electron chi connectivity index (χ0n) is 19.4. The third-order valence-electron chi connectivity index (χ3n) is 5.11. The highest BCUT2D eigenvalue weighted by Gasteiger charge is 2.11. The Bertz CT molecular complexity index is 1150. The Balaban J connectivity index is 1.58. The summed E-state index contributed by atoms with van der Waals surface area (Å²) in [5.74, 6) is 2.13. The summed E-state index contributed by atoms with van der Waals surface area (Å²) in [6.07, 6.45) is 5.78. The molecule has 178 valence electrons. The Labute approximate surface area is 195 Å². The summed E-state index contributed by atoms with van der Waals surface area (Å²) in [5, 5.41) is 0. The van der Waals surface area contributed by atoms with Gasteiger partial charge >= 0.3 is 0 Å². The molecule has 0 saturated carbocycles. The van der Waals surface area contributed by atoms with E-state index in [4.69, 9.17) is 14.2 Å². The fourth-order valence-corrected chi connectivity index (χ4v) is 3.95. The van der Waals surface area contributed by atoms with Gasteiger partial charge in [-0.05, 0) is 61.5 Å². The molecule has 3 aromatic rings. The Morgan fingerprint density at radius 2 is 1.64 bits per heavy atom. The highest BCUT2D eigenvalue weighted by Crippen LogP contribution is 2.28. The number of ether oxygens (including phenoxy) is 3. The van der Waals surface area contributed by atoms with E-state index in [0.717, 1.165) is 43.0 Å². The number of nitrogens with one attached hydrogen (secondary N) is 1. The topological polar surface area (TPSA) is 82.0 Å². The molecule has 0 aliphatic rings. The Hall–Kier alpha value is -3.17. The molecule has 3 rings (SSSR count). The molecule has 0 atom stereocenters. The van der Waals surface area contributed by atoms with Crippen molar-refractivity contribution in [3.63, 3.8) is 0 Å². The molecule has 8 nitrogen and oxygen atoms in total. The van der Waals surface area contributed by atoms with Crippen LogP contribution in [-0.4, -0.2) is 65.1 Å². The smallest absolute Gasteiger partial charge is 0.229 e. The lowest BCUT2D eigenvalue weighted by atomic mass is 10.1. The predicted octanol–water partition coefficient (Wildman–Crippen LogP) is 3.42. The third kappa shape index (κ3) is 7.16. The number of likely N-dealkylation sites (N-methyl/N-ethyl adjacent to an activating group) is 1. The van der Waals surface area contributed by atoms with Crippen molar-refractivity contribution < 1.29 is 22.6 Å². The summed E-state index contributed by atoms with van der Waals surface area (Å²) < 4.78 is 44.3. The van der Waals surface area contributed by atoms with Crippen LogP contribution in [0, 0.1) is 0 Å². The normalized spacial score (nSPS) is 11.4. The van der Waals surface area contributed by atoms with Crippen molar-refractivity contribution in [2.24, 2.45) is 0 Å². The van der Waals surface area contributed by atoms with E-state index in [9.17, 15) is 8.42 Å². The Kier molecular flexibility index (Phi) is 8.24. The summed E-state index contributed by atoms with van der Waals surface area (Å²) in [5.41, 5.74) is 2.42. The van der Waals surface area contributed by atoms with Crippen LogP contribution in [0.4, 0.5) is 5.69 Å². The average Bonchev–Trinajstić information content (AvgIpc) is 3.32. The van der Waals surface area contributed by atoms with Gasteiger partial charge in [-0.15, -0.1) is 0 Å². The second-order valence-electron chi connectivity index (χ2n) is 7.74. The van der Waals surface area contributed by atoms with Crippen LogP contribution in [-0.2, 0) is 16.4 Å². The summed E-state index contributed by atoms with van der Waals surface area (Å²) in [7, 11) is 1.95. The van der Waals surface area contributed by atoms with Crippen molar-refractivity contribution in [1.29, 1.82) is 0 Å². The molecule has 0 fully saturated rings. The minimum absolute atomic E-state index is 0.487. The Morgan fingerprint density at radius 1 is 0.939 bits per heavy atom. The number of hydrogen-bond donors (Lipinski definition) is 1. The lowest BCUT2D eigenvalue weighted by molar-refractivity contribution is 0.238. The molecule has 0 radical (unpaired) electrons. The monoisotopic (exact) mass is 473 g/mol. The van der Waals surface area contributed by atoms with Gasteiger partial charge in [0, 0.05) is 25.5 Å². The highest BCUT2D eigenvalue weighted by molar-refractivity contribution is 7.92. The lowest BCUT2D eigenvalue weighted by Gasteiger charge is -2.19. The first-order chi connectivity index (χ1) is 15.8. The van der Waals surface area contributed by atoms with Crippen molar-refractivity contribution >= 4 is 15.7 Å². The minimum atomic E-state index is -3.36. The first-order valence-electron chi connectivity index (χ1n) is 10.6. The van der Waals surface area contributed by atoms with Crippen molar-refractivity contribution in [1.82, 2.24) is 9.47 Å². The standard InChI is InChI=1S/C24H31N3O5S/c1-26(14-11-19-7-9-23(30-2)24(17-19)31-3)15-16-32-22-10-8-20(25-33(4,28)29)18-21(22)27-12-5-6-13-27/h5-10,12-13,17-18,25H,11,14-16H2,1-4H3. The molecule has 9 heteroatoms. The molecule has 0 unspecified atom stereocenters. The number of hydrogen-bond acceptors (Lipinski definition) is 6. The van der Waals surface area contributed by atoms with Gasteiger partial charge in [0.1, 0.15) is 12.4 Å². The van der Waals surface area contributed by atoms with Gasteiger partial charge in [-0.25, -0.2) is 8.42 Å². The number of rotatable bonds is 12. The van der Waals surface area contributed by atoms with Crippen molar-refractivity contribution in [2.45, 2.75) is 6.42 Å². The molecule has 1 aromatic heterocycles. The minimum Gasteiger partial charge on any atom is -0.493 e. The molecule has 0 spiro atoms. The first-order valence-corrected chi connectivity index (χ1v) is 12.5. The molecular weight excluding hydrogens is 442 g/mol. The molecule has 1 N–H and O–H groups in total. The van der Waals surface area contributed by atoms with Crippen molar-refractivity contribution in [2.75, 3.05) is 51.9 Å². The summed E-state index contributed by atoms with van der Waals surface area (Å²) in [6, 6.07) is 15.0. The second-order valence-corrected chi connectivity index (χ2v) is 9.49. The Morgan fingerprint density at radius 3 is 2.30 bits per heavy atom. The fourth-order valence-electron chi connectivity index (χ4n) is 3.39. The van der Waals surface area contributed by atoms with Gasteiger partial charge in [0.25, 0.3) is 0 Å². The first kappa shape index (κ1) is 24.5. The summed E-state index contributed by atoms with van der Waals surface area (Å²) in [6.45, 7) is 2.10. The van der Waals surface area contributed by atoms with Gasteiger partial charge in [0.05, 0.1) is 31.9 Å². The van der Waals surface area contributed by atoms with Crippen LogP contribution in [0.25, 0.3) is 5.69 Å². The van der Waals surface area contributed by atoms with E-state index >= 15 is 0 Å². The third-order valence-corrected chi connectivity index (χ3v) is 5.71. The maximum atomic E-state index is 11.6. The van der Waals surface area contributed by atoms with E-state index in [0.29, 0.717) is 18.0 Å². The van der Waals surface area contributed by atoms with Crippen molar-refractivity contribution in [3.8, 4) is 22.9 Å². The zero-order valence-corrected chi connectivity index (χ0v) is 20.3. The highest BCUT2D eigenvalue weighted by atomic mass is 32.2.